The summed E-state index contributed by atoms with van der Waals surface area (Å²) in [6.45, 7) is 1.65. The molecule has 13 heteroatoms. The number of benzene rings is 2. The fourth-order valence-electron chi connectivity index (χ4n) is 2.91. The Morgan fingerprint density at radius 1 is 1.09 bits per heavy atom. The molecule has 0 saturated carbocycles. The zero-order valence-corrected chi connectivity index (χ0v) is 19.2. The highest BCUT2D eigenvalue weighted by molar-refractivity contribution is 7.92. The van der Waals surface area contributed by atoms with E-state index < -0.39 is 15.9 Å². The van der Waals surface area contributed by atoms with Gasteiger partial charge in [-0.15, -0.1) is 0 Å². The molecule has 0 aliphatic heterocycles. The van der Waals surface area contributed by atoms with Crippen LogP contribution in [0.4, 0.5) is 29.0 Å². The van der Waals surface area contributed by atoms with Crippen LogP contribution in [0.2, 0.25) is 5.02 Å². The fraction of sp³-hybridized carbons (Fsp3) is 0.0476. The first-order valence-electron chi connectivity index (χ1n) is 9.73. The lowest BCUT2D eigenvalue weighted by Crippen LogP contribution is -2.13. The van der Waals surface area contributed by atoms with Crippen LogP contribution in [0.25, 0.3) is 0 Å². The Labute approximate surface area is 199 Å². The molecule has 2 aromatic heterocycles. The monoisotopic (exact) mass is 499 g/mol. The molecule has 2 heterocycles. The summed E-state index contributed by atoms with van der Waals surface area (Å²) in [6, 6.07) is 14.1. The summed E-state index contributed by atoms with van der Waals surface area (Å²) in [4.78, 5) is 20.1. The highest BCUT2D eigenvalue weighted by atomic mass is 35.5. The number of nitrogens with two attached hydrogens (primary N) is 1. The summed E-state index contributed by atoms with van der Waals surface area (Å²) in [6.07, 6.45) is 1.38. The average molecular weight is 500 g/mol. The van der Waals surface area contributed by atoms with Crippen LogP contribution in [0.15, 0.2) is 70.2 Å². The molecule has 0 aliphatic rings. The molecule has 11 nitrogen and oxygen atoms in total. The molecule has 0 bridgehead atoms. The molecule has 0 saturated heterocycles. The first-order chi connectivity index (χ1) is 16.2. The molecule has 0 aliphatic carbocycles. The van der Waals surface area contributed by atoms with E-state index in [2.05, 4.69) is 30.5 Å². The van der Waals surface area contributed by atoms with Crippen molar-refractivity contribution in [2.45, 2.75) is 11.8 Å². The van der Waals surface area contributed by atoms with Crippen molar-refractivity contribution in [3.63, 3.8) is 0 Å². The maximum atomic E-state index is 12.5. The number of rotatable bonds is 8. The van der Waals surface area contributed by atoms with E-state index in [0.29, 0.717) is 17.1 Å². The Morgan fingerprint density at radius 2 is 1.82 bits per heavy atom. The summed E-state index contributed by atoms with van der Waals surface area (Å²) < 4.78 is 32.2. The van der Waals surface area contributed by atoms with E-state index in [9.17, 15) is 13.2 Å². The summed E-state index contributed by atoms with van der Waals surface area (Å²) in [5, 5.41) is 9.79. The molecule has 2 aromatic carbocycles. The van der Waals surface area contributed by atoms with E-state index >= 15 is 0 Å². The molecule has 1 amide bonds. The van der Waals surface area contributed by atoms with Crippen LogP contribution in [0, 0.1) is 6.92 Å². The van der Waals surface area contributed by atoms with Crippen molar-refractivity contribution in [3.8, 4) is 0 Å². The summed E-state index contributed by atoms with van der Waals surface area (Å²) in [5.41, 5.74) is 6.65. The number of carbonyl (C=O) groups excluding carboxylic acids is 1. The Kier molecular flexibility index (Phi) is 6.34. The average Bonchev–Trinajstić information content (AvgIpc) is 3.20. The zero-order chi connectivity index (χ0) is 24.3. The smallest absolute Gasteiger partial charge is 0.263 e. The number of primary amides is 1. The number of halogens is 1. The van der Waals surface area contributed by atoms with Gasteiger partial charge in [0.15, 0.2) is 11.6 Å². The second-order valence-corrected chi connectivity index (χ2v) is 9.09. The minimum Gasteiger partial charge on any atom is -0.366 e. The topological polar surface area (TPSA) is 165 Å². The predicted molar refractivity (Wildman–Crippen MR) is 127 cm³/mol. The minimum absolute atomic E-state index is 0.0288. The molecule has 4 aromatic rings. The van der Waals surface area contributed by atoms with Crippen LogP contribution in [0.3, 0.4) is 0 Å². The zero-order valence-electron chi connectivity index (χ0n) is 17.6. The van der Waals surface area contributed by atoms with Crippen LogP contribution < -0.4 is 21.1 Å². The molecular formula is C21H18ClN7O4S. The normalized spacial score (nSPS) is 11.1. The Morgan fingerprint density at radius 3 is 2.50 bits per heavy atom. The lowest BCUT2D eigenvalue weighted by molar-refractivity contribution is 0.100. The van der Waals surface area contributed by atoms with Gasteiger partial charge in [-0.05, 0) is 43.3 Å². The first-order valence-corrected chi connectivity index (χ1v) is 11.6. The third-order valence-electron chi connectivity index (χ3n) is 4.48. The van der Waals surface area contributed by atoms with Gasteiger partial charge in [0.1, 0.15) is 10.8 Å². The van der Waals surface area contributed by atoms with Crippen molar-refractivity contribution in [1.82, 2.24) is 15.1 Å². The van der Waals surface area contributed by atoms with Gasteiger partial charge < -0.3 is 20.9 Å². The lowest BCUT2D eigenvalue weighted by atomic mass is 10.1. The molecule has 4 rings (SSSR count). The van der Waals surface area contributed by atoms with Gasteiger partial charge in [-0.25, -0.2) is 13.4 Å². The Bertz CT molecular complexity index is 1460. The summed E-state index contributed by atoms with van der Waals surface area (Å²) >= 11 is 6.20. The fourth-order valence-corrected chi connectivity index (χ4v) is 4.03. The SMILES string of the molecule is Cc1cc(NS(=O)(=O)c2ccc(Nc3ncc(Cl)c(Nc4ccccc4C(N)=O)n3)cc2)no1. The van der Waals surface area contributed by atoms with Crippen LogP contribution in [-0.4, -0.2) is 29.4 Å². The first kappa shape index (κ1) is 23.0. The van der Waals surface area contributed by atoms with Crippen molar-refractivity contribution >= 4 is 56.5 Å². The third-order valence-corrected chi connectivity index (χ3v) is 6.12. The third kappa shape index (κ3) is 5.24. The molecule has 0 radical (unpaired) electrons. The predicted octanol–water partition coefficient (Wildman–Crippen LogP) is 3.81. The number of amides is 1. The van der Waals surface area contributed by atoms with Crippen LogP contribution in [0.1, 0.15) is 16.1 Å². The van der Waals surface area contributed by atoms with Gasteiger partial charge in [0, 0.05) is 11.8 Å². The molecular weight excluding hydrogens is 482 g/mol. The molecule has 174 valence electrons. The number of para-hydroxylation sites is 1. The minimum atomic E-state index is -3.84. The van der Waals surface area contributed by atoms with Crippen molar-refractivity contribution in [2.24, 2.45) is 5.73 Å². The second kappa shape index (κ2) is 9.37. The van der Waals surface area contributed by atoms with Gasteiger partial charge in [-0.1, -0.05) is 28.9 Å². The van der Waals surface area contributed by atoms with E-state index in [1.165, 1.54) is 24.4 Å². The van der Waals surface area contributed by atoms with E-state index in [1.807, 2.05) is 0 Å². The number of nitrogens with zero attached hydrogens (tertiary/aromatic N) is 3. The molecule has 0 spiro atoms. The summed E-state index contributed by atoms with van der Waals surface area (Å²) in [7, 11) is -3.84. The molecule has 5 N–H and O–H groups in total. The Hall–Kier alpha value is -4.16. The number of nitrogens with one attached hydrogen (secondary N) is 3. The van der Waals surface area contributed by atoms with Gasteiger partial charge in [-0.2, -0.15) is 4.98 Å². The maximum absolute atomic E-state index is 12.5. The van der Waals surface area contributed by atoms with Crippen LogP contribution in [0.5, 0.6) is 0 Å². The quantitative estimate of drug-likeness (QED) is 0.282. The number of anilines is 5. The molecule has 0 fully saturated rings. The Balaban J connectivity index is 1.51. The van der Waals surface area contributed by atoms with Crippen molar-refractivity contribution in [2.75, 3.05) is 15.4 Å². The van der Waals surface area contributed by atoms with Crippen LogP contribution >= 0.6 is 11.6 Å². The number of sulfonamides is 1. The van der Waals surface area contributed by atoms with Gasteiger partial charge >= 0.3 is 0 Å². The van der Waals surface area contributed by atoms with E-state index in [1.54, 1.807) is 43.3 Å². The standard InChI is InChI=1S/C21H18ClN7O4S/c1-12-10-18(28-33-12)29-34(31,32)14-8-6-13(7-9-14)25-21-24-11-16(22)20(27-21)26-17-5-3-2-4-15(17)19(23)30/h2-11H,1H3,(H2,23,30)(H,28,29)(H2,24,25,26,27). The van der Waals surface area contributed by atoms with Crippen molar-refractivity contribution < 1.29 is 17.7 Å². The highest BCUT2D eigenvalue weighted by Gasteiger charge is 2.16. The van der Waals surface area contributed by atoms with Gasteiger partial charge in [0.25, 0.3) is 15.9 Å². The number of hydrogen-bond donors (Lipinski definition) is 4. The van der Waals surface area contributed by atoms with Gasteiger partial charge in [-0.3, -0.25) is 9.52 Å². The van der Waals surface area contributed by atoms with Crippen molar-refractivity contribution in [1.29, 1.82) is 0 Å². The van der Waals surface area contributed by atoms with Gasteiger partial charge in [0.05, 0.1) is 22.3 Å². The van der Waals surface area contributed by atoms with E-state index in [4.69, 9.17) is 21.9 Å². The highest BCUT2D eigenvalue weighted by Crippen LogP contribution is 2.27. The number of carbonyl (C=O) groups is 1. The van der Waals surface area contributed by atoms with E-state index in [0.717, 1.165) is 0 Å². The lowest BCUT2D eigenvalue weighted by Gasteiger charge is -2.12. The summed E-state index contributed by atoms with van der Waals surface area (Å²) in [5.74, 6) is 0.406. The van der Waals surface area contributed by atoms with Gasteiger partial charge in [0.2, 0.25) is 5.95 Å². The molecule has 34 heavy (non-hydrogen) atoms. The van der Waals surface area contributed by atoms with Crippen LogP contribution in [-0.2, 0) is 10.0 Å². The number of aryl methyl sites for hydroxylation is 1. The maximum Gasteiger partial charge on any atom is 0.263 e. The molecule has 0 unspecified atom stereocenters. The number of aromatic nitrogens is 3. The van der Waals surface area contributed by atoms with E-state index in [-0.39, 0.29) is 33.1 Å². The largest absolute Gasteiger partial charge is 0.366 e. The second-order valence-electron chi connectivity index (χ2n) is 7.00. The van der Waals surface area contributed by atoms with Crippen molar-refractivity contribution in [3.05, 3.63) is 77.1 Å². The number of hydrogen-bond acceptors (Lipinski definition) is 9. The molecule has 0 atom stereocenters.